The number of amides is 1. The largest absolute Gasteiger partial charge is 0.495 e. The van der Waals surface area contributed by atoms with Crippen molar-refractivity contribution >= 4 is 17.6 Å². The summed E-state index contributed by atoms with van der Waals surface area (Å²) in [5.74, 6) is -0.0629. The van der Waals surface area contributed by atoms with Crippen LogP contribution in [0.3, 0.4) is 0 Å². The molecule has 0 radical (unpaired) electrons. The second-order valence-corrected chi connectivity index (χ2v) is 6.55. The van der Waals surface area contributed by atoms with E-state index >= 15 is 0 Å². The number of carbonyl (C=O) groups is 2. The van der Waals surface area contributed by atoms with Gasteiger partial charge in [-0.3, -0.25) is 9.59 Å². The fourth-order valence-electron chi connectivity index (χ4n) is 3.21. The fourth-order valence-corrected chi connectivity index (χ4v) is 3.21. The summed E-state index contributed by atoms with van der Waals surface area (Å²) in [5.41, 5.74) is 1.42. The summed E-state index contributed by atoms with van der Waals surface area (Å²) in [6.45, 7) is 0.0924. The highest BCUT2D eigenvalue weighted by molar-refractivity contribution is 6.00. The van der Waals surface area contributed by atoms with Crippen LogP contribution in [0.15, 0.2) is 59.0 Å². The Bertz CT molecular complexity index is 1020. The zero-order valence-electron chi connectivity index (χ0n) is 15.8. The van der Waals surface area contributed by atoms with Gasteiger partial charge in [0, 0.05) is 18.5 Å². The molecule has 0 unspecified atom stereocenters. The lowest BCUT2D eigenvalue weighted by Gasteiger charge is -2.19. The lowest BCUT2D eigenvalue weighted by atomic mass is 10.1. The van der Waals surface area contributed by atoms with Gasteiger partial charge in [0.1, 0.15) is 5.75 Å². The van der Waals surface area contributed by atoms with Crippen molar-refractivity contribution in [2.75, 3.05) is 18.6 Å². The third kappa shape index (κ3) is 3.96. The highest BCUT2D eigenvalue weighted by Crippen LogP contribution is 2.33. The first kappa shape index (κ1) is 18.7. The molecule has 8 heteroatoms. The number of aromatic nitrogens is 2. The third-order valence-electron chi connectivity index (χ3n) is 4.66. The van der Waals surface area contributed by atoms with E-state index in [1.165, 1.54) is 0 Å². The molecule has 0 N–H and O–H groups in total. The fraction of sp³-hybridized carbons (Fsp3) is 0.238. The van der Waals surface area contributed by atoms with Gasteiger partial charge in [0.05, 0.1) is 18.7 Å². The second-order valence-electron chi connectivity index (χ2n) is 6.55. The van der Waals surface area contributed by atoms with E-state index in [1.54, 1.807) is 24.1 Å². The number of nitrogens with zero attached hydrogens (tertiary/aromatic N) is 3. The Labute approximate surface area is 167 Å². The molecule has 29 heavy (non-hydrogen) atoms. The maximum Gasteiger partial charge on any atom is 0.311 e. The Hall–Kier alpha value is -3.68. The first-order valence-electron chi connectivity index (χ1n) is 9.13. The van der Waals surface area contributed by atoms with E-state index in [-0.39, 0.29) is 31.4 Å². The Morgan fingerprint density at radius 1 is 1.14 bits per heavy atom. The number of hydrogen-bond donors (Lipinski definition) is 0. The Balaban J connectivity index is 1.37. The van der Waals surface area contributed by atoms with Crippen LogP contribution in [0, 0.1) is 5.92 Å². The number of benzene rings is 2. The first-order chi connectivity index (χ1) is 14.2. The molecule has 1 atom stereocenters. The summed E-state index contributed by atoms with van der Waals surface area (Å²) in [6, 6.07) is 16.5. The topological polar surface area (TPSA) is 94.8 Å². The van der Waals surface area contributed by atoms with Gasteiger partial charge in [-0.2, -0.15) is 0 Å². The summed E-state index contributed by atoms with van der Waals surface area (Å²) in [7, 11) is 1.54. The van der Waals surface area contributed by atoms with Crippen LogP contribution in [0.2, 0.25) is 0 Å². The van der Waals surface area contributed by atoms with Crippen LogP contribution in [-0.4, -0.2) is 35.7 Å². The van der Waals surface area contributed by atoms with Crippen LogP contribution in [-0.2, 0) is 20.9 Å². The molecule has 3 aromatic rings. The van der Waals surface area contributed by atoms with Gasteiger partial charge in [-0.1, -0.05) is 30.3 Å². The summed E-state index contributed by atoms with van der Waals surface area (Å²) >= 11 is 0. The molecule has 1 aliphatic rings. The SMILES string of the molecule is COc1ccccc1N1C[C@@H](C(=O)OCc2nnc(-c3ccccc3)o2)CC1=O. The molecular formula is C21H19N3O5. The molecule has 1 aromatic heterocycles. The molecule has 1 amide bonds. The monoisotopic (exact) mass is 393 g/mol. The standard InChI is InChI=1S/C21H19N3O5/c1-27-17-10-6-5-9-16(17)24-12-15(11-19(24)25)21(26)28-13-18-22-23-20(29-18)14-7-3-2-4-8-14/h2-10,15H,11-13H2,1H3/t15-/m0/s1. The van der Waals surface area contributed by atoms with Gasteiger partial charge in [0.2, 0.25) is 11.8 Å². The number of esters is 1. The molecule has 8 nitrogen and oxygen atoms in total. The minimum absolute atomic E-state index is 0.0793. The van der Waals surface area contributed by atoms with E-state index in [0.717, 1.165) is 5.56 Å². The smallest absolute Gasteiger partial charge is 0.311 e. The van der Waals surface area contributed by atoms with E-state index in [0.29, 0.717) is 17.3 Å². The summed E-state index contributed by atoms with van der Waals surface area (Å²) in [4.78, 5) is 26.4. The highest BCUT2D eigenvalue weighted by atomic mass is 16.5. The van der Waals surface area contributed by atoms with Crippen LogP contribution < -0.4 is 9.64 Å². The number of ether oxygens (including phenoxy) is 2. The Morgan fingerprint density at radius 2 is 1.90 bits per heavy atom. The van der Waals surface area contributed by atoms with Crippen LogP contribution in [0.1, 0.15) is 12.3 Å². The van der Waals surface area contributed by atoms with Gasteiger partial charge in [-0.15, -0.1) is 10.2 Å². The third-order valence-corrected chi connectivity index (χ3v) is 4.66. The molecule has 0 spiro atoms. The van der Waals surface area contributed by atoms with Gasteiger partial charge in [0.15, 0.2) is 6.61 Å². The van der Waals surface area contributed by atoms with E-state index in [9.17, 15) is 9.59 Å². The van der Waals surface area contributed by atoms with Crippen molar-refractivity contribution in [1.82, 2.24) is 10.2 Å². The zero-order chi connectivity index (χ0) is 20.2. The van der Waals surface area contributed by atoms with E-state index in [1.807, 2.05) is 42.5 Å². The molecule has 2 aromatic carbocycles. The van der Waals surface area contributed by atoms with Gasteiger partial charge in [0.25, 0.3) is 5.89 Å². The van der Waals surface area contributed by atoms with Crippen molar-refractivity contribution in [1.29, 1.82) is 0 Å². The van der Waals surface area contributed by atoms with Crippen molar-refractivity contribution in [3.05, 3.63) is 60.5 Å². The van der Waals surface area contributed by atoms with Crippen LogP contribution in [0.5, 0.6) is 5.75 Å². The molecule has 1 saturated heterocycles. The van der Waals surface area contributed by atoms with Crippen molar-refractivity contribution in [2.24, 2.45) is 5.92 Å². The van der Waals surface area contributed by atoms with Crippen molar-refractivity contribution in [2.45, 2.75) is 13.0 Å². The maximum atomic E-state index is 12.5. The molecular weight excluding hydrogens is 374 g/mol. The minimum Gasteiger partial charge on any atom is -0.495 e. The van der Waals surface area contributed by atoms with Crippen LogP contribution in [0.25, 0.3) is 11.5 Å². The Kier molecular flexibility index (Phi) is 5.24. The van der Waals surface area contributed by atoms with E-state index in [2.05, 4.69) is 10.2 Å². The molecule has 2 heterocycles. The summed E-state index contributed by atoms with van der Waals surface area (Å²) < 4.78 is 16.1. The average molecular weight is 393 g/mol. The Morgan fingerprint density at radius 3 is 2.69 bits per heavy atom. The molecule has 0 aliphatic carbocycles. The number of anilines is 1. The molecule has 0 bridgehead atoms. The molecule has 1 fully saturated rings. The molecule has 4 rings (SSSR count). The maximum absolute atomic E-state index is 12.5. The zero-order valence-corrected chi connectivity index (χ0v) is 15.8. The summed E-state index contributed by atoms with van der Waals surface area (Å²) in [5, 5.41) is 7.86. The normalized spacial score (nSPS) is 16.1. The van der Waals surface area contributed by atoms with Gasteiger partial charge in [-0.05, 0) is 24.3 Å². The molecule has 1 aliphatic heterocycles. The lowest BCUT2D eigenvalue weighted by Crippen LogP contribution is -2.26. The number of methoxy groups -OCH3 is 1. The number of rotatable bonds is 6. The average Bonchev–Trinajstić information content (AvgIpc) is 3.39. The van der Waals surface area contributed by atoms with Gasteiger partial charge in [-0.25, -0.2) is 0 Å². The van der Waals surface area contributed by atoms with Crippen molar-refractivity contribution in [3.8, 4) is 17.2 Å². The predicted octanol–water partition coefficient (Wildman–Crippen LogP) is 2.84. The first-order valence-corrected chi connectivity index (χ1v) is 9.13. The van der Waals surface area contributed by atoms with Crippen molar-refractivity contribution in [3.63, 3.8) is 0 Å². The predicted molar refractivity (Wildman–Crippen MR) is 103 cm³/mol. The number of para-hydroxylation sites is 2. The van der Waals surface area contributed by atoms with E-state index in [4.69, 9.17) is 13.9 Å². The quantitative estimate of drug-likeness (QED) is 0.594. The van der Waals surface area contributed by atoms with Gasteiger partial charge >= 0.3 is 5.97 Å². The number of carbonyl (C=O) groups excluding carboxylic acids is 2. The summed E-state index contributed by atoms with van der Waals surface area (Å²) in [6.07, 6.45) is 0.0793. The van der Waals surface area contributed by atoms with Gasteiger partial charge < -0.3 is 18.8 Å². The van der Waals surface area contributed by atoms with Crippen molar-refractivity contribution < 1.29 is 23.5 Å². The van der Waals surface area contributed by atoms with E-state index < -0.39 is 11.9 Å². The van der Waals surface area contributed by atoms with Crippen LogP contribution >= 0.6 is 0 Å². The lowest BCUT2D eigenvalue weighted by molar-refractivity contribution is -0.150. The minimum atomic E-state index is -0.566. The highest BCUT2D eigenvalue weighted by Gasteiger charge is 2.37. The molecule has 148 valence electrons. The second kappa shape index (κ2) is 8.14. The van der Waals surface area contributed by atoms with Crippen LogP contribution in [0.4, 0.5) is 5.69 Å². The number of hydrogen-bond acceptors (Lipinski definition) is 7. The molecule has 0 saturated carbocycles.